The number of pyridine rings is 1. The Morgan fingerprint density at radius 1 is 1.35 bits per heavy atom. The number of nitrogens with zero attached hydrogens (tertiary/aromatic N) is 1. The quantitative estimate of drug-likeness (QED) is 0.818. The molecule has 0 saturated carbocycles. The fourth-order valence-electron chi connectivity index (χ4n) is 1.52. The van der Waals surface area contributed by atoms with E-state index in [2.05, 4.69) is 22.1 Å². The number of carbonyl (C=O) groups is 1. The summed E-state index contributed by atoms with van der Waals surface area (Å²) in [6, 6.07) is 9.24. The minimum Gasteiger partial charge on any atom is -0.384 e. The highest BCUT2D eigenvalue weighted by Crippen LogP contribution is 2.09. The van der Waals surface area contributed by atoms with Gasteiger partial charge in [-0.1, -0.05) is 17.9 Å². The molecular weight excluding hydrogens is 259 g/mol. The van der Waals surface area contributed by atoms with E-state index in [1.165, 1.54) is 12.1 Å². The number of hydrogen-bond acceptors (Lipinski definition) is 3. The zero-order chi connectivity index (χ0) is 14.4. The highest BCUT2D eigenvalue weighted by Gasteiger charge is 2.07. The first kappa shape index (κ1) is 13.7. The van der Waals surface area contributed by atoms with Crippen LogP contribution in [0, 0.1) is 17.7 Å². The van der Waals surface area contributed by atoms with Crippen molar-refractivity contribution in [1.29, 1.82) is 0 Å². The van der Waals surface area contributed by atoms with Crippen LogP contribution in [0.1, 0.15) is 15.9 Å². The van der Waals surface area contributed by atoms with Crippen LogP contribution in [0.4, 0.5) is 10.2 Å². The Morgan fingerprint density at radius 3 is 2.90 bits per heavy atom. The SMILES string of the molecule is O=C(Nc1ccc(F)cn1)c1cccc(C#CCO)c1. The minimum atomic E-state index is -0.468. The normalized spacial score (nSPS) is 9.50. The highest BCUT2D eigenvalue weighted by atomic mass is 19.1. The number of halogens is 1. The summed E-state index contributed by atoms with van der Waals surface area (Å²) in [6.07, 6.45) is 1.03. The van der Waals surface area contributed by atoms with E-state index in [-0.39, 0.29) is 18.3 Å². The average Bonchev–Trinajstić information content (AvgIpc) is 2.48. The van der Waals surface area contributed by atoms with Crippen molar-refractivity contribution in [2.45, 2.75) is 0 Å². The third-order valence-corrected chi connectivity index (χ3v) is 2.41. The molecule has 0 saturated heterocycles. The zero-order valence-corrected chi connectivity index (χ0v) is 10.4. The number of aliphatic hydroxyl groups excluding tert-OH is 1. The number of hydrogen-bond donors (Lipinski definition) is 2. The van der Waals surface area contributed by atoms with E-state index < -0.39 is 5.82 Å². The van der Waals surface area contributed by atoms with Crippen LogP contribution < -0.4 is 5.32 Å². The van der Waals surface area contributed by atoms with Crippen LogP contribution in [0.3, 0.4) is 0 Å². The van der Waals surface area contributed by atoms with Crippen LogP contribution in [-0.2, 0) is 0 Å². The molecule has 1 heterocycles. The largest absolute Gasteiger partial charge is 0.384 e. The monoisotopic (exact) mass is 270 g/mol. The molecule has 0 atom stereocenters. The molecule has 100 valence electrons. The van der Waals surface area contributed by atoms with Crippen molar-refractivity contribution in [3.05, 3.63) is 59.5 Å². The number of amides is 1. The summed E-state index contributed by atoms with van der Waals surface area (Å²) in [5, 5.41) is 11.2. The number of anilines is 1. The van der Waals surface area contributed by atoms with Crippen molar-refractivity contribution in [2.75, 3.05) is 11.9 Å². The number of carbonyl (C=O) groups excluding carboxylic acids is 1. The molecule has 1 aromatic heterocycles. The van der Waals surface area contributed by atoms with Gasteiger partial charge in [0.05, 0.1) is 6.20 Å². The highest BCUT2D eigenvalue weighted by molar-refractivity contribution is 6.03. The summed E-state index contributed by atoms with van der Waals surface area (Å²) in [6.45, 7) is -0.240. The van der Waals surface area contributed by atoms with E-state index >= 15 is 0 Å². The van der Waals surface area contributed by atoms with E-state index in [0.29, 0.717) is 11.1 Å². The molecule has 0 radical (unpaired) electrons. The van der Waals surface area contributed by atoms with Gasteiger partial charge in [0.25, 0.3) is 5.91 Å². The molecule has 0 spiro atoms. The first-order valence-corrected chi connectivity index (χ1v) is 5.82. The van der Waals surface area contributed by atoms with Gasteiger partial charge in [-0.05, 0) is 30.3 Å². The lowest BCUT2D eigenvalue weighted by Gasteiger charge is -2.04. The van der Waals surface area contributed by atoms with E-state index in [4.69, 9.17) is 5.11 Å². The Kier molecular flexibility index (Phi) is 4.43. The van der Waals surface area contributed by atoms with Crippen molar-refractivity contribution in [1.82, 2.24) is 4.98 Å². The number of aromatic nitrogens is 1. The third kappa shape index (κ3) is 3.64. The Hall–Kier alpha value is -2.71. The summed E-state index contributed by atoms with van der Waals surface area (Å²) in [7, 11) is 0. The van der Waals surface area contributed by atoms with E-state index in [0.717, 1.165) is 6.20 Å². The van der Waals surface area contributed by atoms with E-state index in [9.17, 15) is 9.18 Å². The molecule has 0 fully saturated rings. The first-order chi connectivity index (χ1) is 9.69. The van der Waals surface area contributed by atoms with Gasteiger partial charge in [0, 0.05) is 11.1 Å². The van der Waals surface area contributed by atoms with Gasteiger partial charge in [-0.3, -0.25) is 4.79 Å². The van der Waals surface area contributed by atoms with Gasteiger partial charge in [-0.25, -0.2) is 9.37 Å². The van der Waals surface area contributed by atoms with Crippen molar-refractivity contribution >= 4 is 11.7 Å². The molecule has 0 aliphatic carbocycles. The van der Waals surface area contributed by atoms with Crippen LogP contribution in [-0.4, -0.2) is 22.6 Å². The standard InChI is InChI=1S/C15H11FN2O2/c16-13-6-7-14(17-10-13)18-15(20)12-5-1-3-11(9-12)4-2-8-19/h1,3,5-7,9-10,19H,8H2,(H,17,18,20). The average molecular weight is 270 g/mol. The molecule has 0 aliphatic rings. The van der Waals surface area contributed by atoms with Gasteiger partial charge in [-0.2, -0.15) is 0 Å². The maximum Gasteiger partial charge on any atom is 0.256 e. The second-order valence-corrected chi connectivity index (χ2v) is 3.86. The van der Waals surface area contributed by atoms with Crippen molar-refractivity contribution in [3.8, 4) is 11.8 Å². The second-order valence-electron chi connectivity index (χ2n) is 3.86. The smallest absolute Gasteiger partial charge is 0.256 e. The summed E-state index contributed by atoms with van der Waals surface area (Å²) < 4.78 is 12.7. The Labute approximate surface area is 115 Å². The number of aliphatic hydroxyl groups is 1. The summed E-state index contributed by atoms with van der Waals surface area (Å²) in [4.78, 5) is 15.7. The van der Waals surface area contributed by atoms with Crippen molar-refractivity contribution in [3.63, 3.8) is 0 Å². The summed E-state index contributed by atoms with van der Waals surface area (Å²) in [5.41, 5.74) is 1.03. The molecule has 1 amide bonds. The lowest BCUT2D eigenvalue weighted by atomic mass is 10.1. The molecule has 20 heavy (non-hydrogen) atoms. The predicted octanol–water partition coefficient (Wildman–Crippen LogP) is 1.82. The molecule has 1 aromatic carbocycles. The lowest BCUT2D eigenvalue weighted by molar-refractivity contribution is 0.102. The molecule has 4 nitrogen and oxygen atoms in total. The first-order valence-electron chi connectivity index (χ1n) is 5.82. The third-order valence-electron chi connectivity index (χ3n) is 2.41. The Balaban J connectivity index is 2.14. The van der Waals surface area contributed by atoms with Crippen molar-refractivity contribution in [2.24, 2.45) is 0 Å². The molecule has 2 rings (SSSR count). The number of nitrogens with one attached hydrogen (secondary N) is 1. The van der Waals surface area contributed by atoms with Crippen LogP contribution >= 0.6 is 0 Å². The minimum absolute atomic E-state index is 0.240. The van der Waals surface area contributed by atoms with Crippen LogP contribution in [0.15, 0.2) is 42.6 Å². The van der Waals surface area contributed by atoms with Crippen molar-refractivity contribution < 1.29 is 14.3 Å². The van der Waals surface area contributed by atoms with Gasteiger partial charge in [0.15, 0.2) is 0 Å². The lowest BCUT2D eigenvalue weighted by Crippen LogP contribution is -2.13. The van der Waals surface area contributed by atoms with Crippen LogP contribution in [0.25, 0.3) is 0 Å². The second kappa shape index (κ2) is 6.45. The number of benzene rings is 1. The Morgan fingerprint density at radius 2 is 2.20 bits per heavy atom. The predicted molar refractivity (Wildman–Crippen MR) is 72.6 cm³/mol. The number of rotatable bonds is 2. The fraction of sp³-hybridized carbons (Fsp3) is 0.0667. The molecular formula is C15H11FN2O2. The molecule has 0 aliphatic heterocycles. The van der Waals surface area contributed by atoms with Gasteiger partial charge in [-0.15, -0.1) is 0 Å². The zero-order valence-electron chi connectivity index (χ0n) is 10.4. The van der Waals surface area contributed by atoms with Crippen LogP contribution in [0.2, 0.25) is 0 Å². The van der Waals surface area contributed by atoms with Crippen LogP contribution in [0.5, 0.6) is 0 Å². The molecule has 2 N–H and O–H groups in total. The topological polar surface area (TPSA) is 62.2 Å². The van der Waals surface area contributed by atoms with E-state index in [1.807, 2.05) is 0 Å². The Bertz CT molecular complexity index is 672. The van der Waals surface area contributed by atoms with E-state index in [1.54, 1.807) is 24.3 Å². The molecule has 5 heteroatoms. The van der Waals surface area contributed by atoms with Gasteiger partial charge in [0.2, 0.25) is 0 Å². The van der Waals surface area contributed by atoms with Gasteiger partial charge < -0.3 is 10.4 Å². The molecule has 2 aromatic rings. The van der Waals surface area contributed by atoms with Gasteiger partial charge >= 0.3 is 0 Å². The molecule has 0 bridgehead atoms. The maximum absolute atomic E-state index is 12.7. The maximum atomic E-state index is 12.7. The summed E-state index contributed by atoms with van der Waals surface area (Å²) in [5.74, 6) is 4.66. The molecule has 0 unspecified atom stereocenters. The van der Waals surface area contributed by atoms with Gasteiger partial charge in [0.1, 0.15) is 18.2 Å². The fourth-order valence-corrected chi connectivity index (χ4v) is 1.52. The summed E-state index contributed by atoms with van der Waals surface area (Å²) >= 11 is 0.